The zero-order valence-electron chi connectivity index (χ0n) is 16.3. The Hall–Kier alpha value is -2.19. The molecule has 7 nitrogen and oxygen atoms in total. The zero-order valence-corrected chi connectivity index (χ0v) is 17.1. The summed E-state index contributed by atoms with van der Waals surface area (Å²) in [5.74, 6) is 0.121. The van der Waals surface area contributed by atoms with Gasteiger partial charge < -0.3 is 10.3 Å². The maximum absolute atomic E-state index is 12.8. The van der Waals surface area contributed by atoms with E-state index >= 15 is 0 Å². The fourth-order valence-corrected chi connectivity index (χ4v) is 5.33. The van der Waals surface area contributed by atoms with E-state index in [9.17, 15) is 18.0 Å². The molecule has 0 bridgehead atoms. The third kappa shape index (κ3) is 4.12. The van der Waals surface area contributed by atoms with Gasteiger partial charge in [0.15, 0.2) is 0 Å². The normalized spacial score (nSPS) is 15.4. The highest BCUT2D eigenvalue weighted by atomic mass is 32.2. The van der Waals surface area contributed by atoms with Gasteiger partial charge in [0.2, 0.25) is 15.6 Å². The number of rotatable bonds is 7. The molecule has 1 aliphatic carbocycles. The lowest BCUT2D eigenvalue weighted by Gasteiger charge is -2.19. The maximum Gasteiger partial charge on any atom is 0.252 e. The molecule has 0 unspecified atom stereocenters. The van der Waals surface area contributed by atoms with E-state index < -0.39 is 15.6 Å². The summed E-state index contributed by atoms with van der Waals surface area (Å²) in [5.41, 5.74) is 0.253. The van der Waals surface area contributed by atoms with Gasteiger partial charge in [-0.25, -0.2) is 8.42 Å². The summed E-state index contributed by atoms with van der Waals surface area (Å²) in [6.07, 6.45) is 4.56. The van der Waals surface area contributed by atoms with Crippen LogP contribution in [0.4, 0.5) is 0 Å². The van der Waals surface area contributed by atoms with Gasteiger partial charge in [-0.1, -0.05) is 26.7 Å². The fraction of sp³-hybridized carbons (Fsp3) is 0.500. The maximum atomic E-state index is 12.8. The highest BCUT2D eigenvalue weighted by molar-refractivity contribution is 7.89. The quantitative estimate of drug-likeness (QED) is 0.739. The number of aromatic nitrogens is 1. The van der Waals surface area contributed by atoms with Gasteiger partial charge in [-0.05, 0) is 37.0 Å². The summed E-state index contributed by atoms with van der Waals surface area (Å²) in [4.78, 5) is 27.5. The number of nitrogens with zero attached hydrogens (tertiary/aromatic N) is 1. The topological polar surface area (TPSA) is 99.3 Å². The molecule has 8 heteroatoms. The second-order valence-electron chi connectivity index (χ2n) is 7.20. The average Bonchev–Trinajstić information content (AvgIpc) is 3.19. The molecule has 28 heavy (non-hydrogen) atoms. The minimum absolute atomic E-state index is 0.112. The SMILES string of the molecule is CCN(CC)S(=O)(=O)c1ccc2[nH]c(=O)cc(C(=O)NCC3CCCC3)c2c1. The molecule has 2 aromatic rings. The highest BCUT2D eigenvalue weighted by Gasteiger charge is 2.23. The molecule has 1 aliphatic rings. The van der Waals surface area contributed by atoms with Crippen molar-refractivity contribution in [3.05, 3.63) is 40.2 Å². The Kier molecular flexibility index (Phi) is 6.20. The number of nitrogens with one attached hydrogen (secondary N) is 2. The summed E-state index contributed by atoms with van der Waals surface area (Å²) in [7, 11) is -3.66. The summed E-state index contributed by atoms with van der Waals surface area (Å²) in [5, 5.41) is 3.34. The lowest BCUT2D eigenvalue weighted by molar-refractivity contribution is 0.0949. The average molecular weight is 406 g/mol. The van der Waals surface area contributed by atoms with Gasteiger partial charge in [-0.3, -0.25) is 9.59 Å². The van der Waals surface area contributed by atoms with Crippen molar-refractivity contribution in [2.24, 2.45) is 5.92 Å². The molecule has 2 N–H and O–H groups in total. The fourth-order valence-electron chi connectivity index (χ4n) is 3.84. The first-order valence-corrected chi connectivity index (χ1v) is 11.3. The van der Waals surface area contributed by atoms with Crippen LogP contribution in [0.2, 0.25) is 0 Å². The second-order valence-corrected chi connectivity index (χ2v) is 9.14. The molecule has 1 heterocycles. The van der Waals surface area contributed by atoms with E-state index in [1.165, 1.54) is 35.3 Å². The molecule has 0 saturated heterocycles. The van der Waals surface area contributed by atoms with Crippen LogP contribution in [0.5, 0.6) is 0 Å². The van der Waals surface area contributed by atoms with E-state index in [2.05, 4.69) is 10.3 Å². The molecule has 1 saturated carbocycles. The predicted octanol–water partition coefficient (Wildman–Crippen LogP) is 2.48. The molecular formula is C20H27N3O4S. The Morgan fingerprint density at radius 3 is 2.50 bits per heavy atom. The van der Waals surface area contributed by atoms with E-state index in [0.29, 0.717) is 36.5 Å². The van der Waals surface area contributed by atoms with E-state index in [1.54, 1.807) is 19.9 Å². The molecule has 1 amide bonds. The predicted molar refractivity (Wildman–Crippen MR) is 109 cm³/mol. The van der Waals surface area contributed by atoms with Crippen LogP contribution < -0.4 is 10.9 Å². The number of carbonyl (C=O) groups is 1. The van der Waals surface area contributed by atoms with Crippen molar-refractivity contribution >= 4 is 26.8 Å². The van der Waals surface area contributed by atoms with Crippen molar-refractivity contribution in [2.45, 2.75) is 44.4 Å². The van der Waals surface area contributed by atoms with Crippen molar-refractivity contribution in [2.75, 3.05) is 19.6 Å². The summed E-state index contributed by atoms with van der Waals surface area (Å²) >= 11 is 0. The van der Waals surface area contributed by atoms with E-state index in [-0.39, 0.29) is 16.4 Å². The van der Waals surface area contributed by atoms with E-state index in [0.717, 1.165) is 12.8 Å². The van der Waals surface area contributed by atoms with Gasteiger partial charge >= 0.3 is 0 Å². The Labute approximate surface area is 165 Å². The van der Waals surface area contributed by atoms with Gasteiger partial charge in [0.1, 0.15) is 0 Å². The van der Waals surface area contributed by atoms with Gasteiger partial charge in [0, 0.05) is 36.6 Å². The molecule has 1 aromatic carbocycles. The van der Waals surface area contributed by atoms with Crippen LogP contribution in [0.3, 0.4) is 0 Å². The van der Waals surface area contributed by atoms with Crippen LogP contribution >= 0.6 is 0 Å². The molecular weight excluding hydrogens is 378 g/mol. The number of fused-ring (bicyclic) bond motifs is 1. The van der Waals surface area contributed by atoms with Crippen LogP contribution in [0.1, 0.15) is 49.9 Å². The Balaban J connectivity index is 1.99. The first kappa shape index (κ1) is 20.5. The summed E-state index contributed by atoms with van der Waals surface area (Å²) < 4.78 is 27.0. The number of sulfonamides is 1. The summed E-state index contributed by atoms with van der Waals surface area (Å²) in [6, 6.07) is 5.72. The monoisotopic (exact) mass is 405 g/mol. The number of hydrogen-bond donors (Lipinski definition) is 2. The largest absolute Gasteiger partial charge is 0.352 e. The van der Waals surface area contributed by atoms with Gasteiger partial charge in [0.25, 0.3) is 5.91 Å². The highest BCUT2D eigenvalue weighted by Crippen LogP contribution is 2.25. The summed E-state index contributed by atoms with van der Waals surface area (Å²) in [6.45, 7) is 4.85. The third-order valence-electron chi connectivity index (χ3n) is 5.43. The number of hydrogen-bond acceptors (Lipinski definition) is 4. The number of carbonyl (C=O) groups excluding carboxylic acids is 1. The van der Waals surface area contributed by atoms with E-state index in [1.807, 2.05) is 0 Å². The minimum atomic E-state index is -3.66. The van der Waals surface area contributed by atoms with Crippen LogP contribution in [-0.2, 0) is 10.0 Å². The smallest absolute Gasteiger partial charge is 0.252 e. The Bertz CT molecular complexity index is 1020. The van der Waals surface area contributed by atoms with Crippen molar-refractivity contribution in [1.29, 1.82) is 0 Å². The Morgan fingerprint density at radius 2 is 1.86 bits per heavy atom. The number of aromatic amines is 1. The molecule has 1 fully saturated rings. The van der Waals surface area contributed by atoms with E-state index in [4.69, 9.17) is 0 Å². The van der Waals surface area contributed by atoms with Crippen molar-refractivity contribution in [1.82, 2.24) is 14.6 Å². The third-order valence-corrected chi connectivity index (χ3v) is 7.47. The number of amides is 1. The number of H-pyrrole nitrogens is 1. The van der Waals surface area contributed by atoms with Crippen LogP contribution in [0.25, 0.3) is 10.9 Å². The first-order chi connectivity index (χ1) is 13.4. The lowest BCUT2D eigenvalue weighted by atomic mass is 10.1. The van der Waals surface area contributed by atoms with Crippen molar-refractivity contribution < 1.29 is 13.2 Å². The molecule has 3 rings (SSSR count). The second kappa shape index (κ2) is 8.45. The van der Waals surface area contributed by atoms with Crippen molar-refractivity contribution in [3.63, 3.8) is 0 Å². The molecule has 0 aliphatic heterocycles. The molecule has 0 spiro atoms. The zero-order chi connectivity index (χ0) is 20.3. The van der Waals surface area contributed by atoms with Crippen molar-refractivity contribution in [3.8, 4) is 0 Å². The van der Waals surface area contributed by atoms with Crippen LogP contribution in [-0.4, -0.2) is 43.2 Å². The van der Waals surface area contributed by atoms with Gasteiger partial charge in [-0.15, -0.1) is 0 Å². The van der Waals surface area contributed by atoms with Gasteiger partial charge in [0.05, 0.1) is 10.5 Å². The van der Waals surface area contributed by atoms with Crippen LogP contribution in [0.15, 0.2) is 34.0 Å². The first-order valence-electron chi connectivity index (χ1n) is 9.82. The number of benzene rings is 1. The molecule has 1 aromatic heterocycles. The molecule has 152 valence electrons. The number of pyridine rings is 1. The molecule has 0 radical (unpaired) electrons. The molecule has 0 atom stereocenters. The van der Waals surface area contributed by atoms with Crippen LogP contribution in [0, 0.1) is 5.92 Å². The standard InChI is InChI=1S/C20H27N3O4S/c1-3-23(4-2)28(26,27)15-9-10-18-16(11-15)17(12-19(24)22-18)20(25)21-13-14-7-5-6-8-14/h9-12,14H,3-8,13H2,1-2H3,(H,21,25)(H,22,24). The Morgan fingerprint density at radius 1 is 1.18 bits per heavy atom. The minimum Gasteiger partial charge on any atom is -0.352 e. The lowest BCUT2D eigenvalue weighted by Crippen LogP contribution is -2.31. The van der Waals surface area contributed by atoms with Gasteiger partial charge in [-0.2, -0.15) is 4.31 Å².